The second kappa shape index (κ2) is 4.52. The summed E-state index contributed by atoms with van der Waals surface area (Å²) in [5.74, 6) is -0.500. The van der Waals surface area contributed by atoms with Crippen molar-refractivity contribution in [3.8, 4) is 0 Å². The molecule has 2 aromatic rings. The fourth-order valence-corrected chi connectivity index (χ4v) is 2.52. The Bertz CT molecular complexity index is 507. The molecule has 3 unspecified atom stereocenters. The van der Waals surface area contributed by atoms with Gasteiger partial charge >= 0.3 is 0 Å². The fraction of sp³-hybridized carbons (Fsp3) is 0.286. The van der Waals surface area contributed by atoms with Crippen LogP contribution in [0.5, 0.6) is 0 Å². The molecule has 1 fully saturated rings. The molecule has 0 bridgehead atoms. The number of halogens is 2. The van der Waals surface area contributed by atoms with Crippen LogP contribution in [-0.4, -0.2) is 16.0 Å². The molecule has 1 aliphatic carbocycles. The highest BCUT2D eigenvalue weighted by Crippen LogP contribution is 2.41. The number of alkyl halides is 1. The standard InChI is InChI=1S/C14H13F2N2/c15-11-4-2-10(3-5-11)13-8-12(9-14(13)16)18-7-1-6-17-18/h1-7,9,12-14H,8H2. The van der Waals surface area contributed by atoms with Crippen LogP contribution < -0.4 is 0 Å². The normalized spacial score (nSPS) is 27.6. The predicted molar refractivity (Wildman–Crippen MR) is 64.2 cm³/mol. The summed E-state index contributed by atoms with van der Waals surface area (Å²) in [6.07, 6.45) is 4.84. The maximum atomic E-state index is 14.0. The Labute approximate surface area is 104 Å². The van der Waals surface area contributed by atoms with Crippen molar-refractivity contribution in [2.24, 2.45) is 0 Å². The summed E-state index contributed by atoms with van der Waals surface area (Å²) < 4.78 is 28.6. The molecule has 1 aromatic carbocycles. The molecule has 93 valence electrons. The van der Waals surface area contributed by atoms with Crippen LogP contribution in [-0.2, 0) is 0 Å². The van der Waals surface area contributed by atoms with Crippen molar-refractivity contribution in [3.05, 3.63) is 60.5 Å². The average molecular weight is 247 g/mol. The molecule has 1 radical (unpaired) electrons. The number of hydrogen-bond donors (Lipinski definition) is 0. The Morgan fingerprint density at radius 2 is 2.00 bits per heavy atom. The molecule has 0 N–H and O–H groups in total. The van der Waals surface area contributed by atoms with E-state index in [0.29, 0.717) is 6.42 Å². The van der Waals surface area contributed by atoms with Crippen molar-refractivity contribution in [1.29, 1.82) is 0 Å². The molecule has 1 heterocycles. The predicted octanol–water partition coefficient (Wildman–Crippen LogP) is 3.29. The maximum Gasteiger partial charge on any atom is 0.123 e. The van der Waals surface area contributed by atoms with E-state index in [4.69, 9.17) is 0 Å². The van der Waals surface area contributed by atoms with Gasteiger partial charge in [0.25, 0.3) is 0 Å². The minimum atomic E-state index is -1.01. The van der Waals surface area contributed by atoms with Crippen molar-refractivity contribution in [3.63, 3.8) is 0 Å². The largest absolute Gasteiger partial charge is 0.269 e. The summed E-state index contributed by atoms with van der Waals surface area (Å²) in [7, 11) is 0. The lowest BCUT2D eigenvalue weighted by Crippen LogP contribution is -2.06. The summed E-state index contributed by atoms with van der Waals surface area (Å²) in [6, 6.07) is 7.88. The second-order valence-electron chi connectivity index (χ2n) is 4.58. The summed E-state index contributed by atoms with van der Waals surface area (Å²) in [4.78, 5) is 0. The number of benzene rings is 1. The summed E-state index contributed by atoms with van der Waals surface area (Å²) in [5.41, 5.74) is 0.842. The van der Waals surface area contributed by atoms with Crippen LogP contribution in [0.3, 0.4) is 0 Å². The first-order valence-corrected chi connectivity index (χ1v) is 5.98. The molecule has 1 aromatic heterocycles. The van der Waals surface area contributed by atoms with Gasteiger partial charge in [-0.15, -0.1) is 0 Å². The minimum absolute atomic E-state index is 0.0231. The van der Waals surface area contributed by atoms with Crippen molar-refractivity contribution in [2.75, 3.05) is 0 Å². The topological polar surface area (TPSA) is 17.8 Å². The summed E-state index contributed by atoms with van der Waals surface area (Å²) in [5, 5.41) is 4.13. The van der Waals surface area contributed by atoms with E-state index in [1.807, 2.05) is 12.3 Å². The van der Waals surface area contributed by atoms with Gasteiger partial charge < -0.3 is 0 Å². The van der Waals surface area contributed by atoms with Crippen molar-refractivity contribution in [1.82, 2.24) is 9.78 Å². The highest BCUT2D eigenvalue weighted by molar-refractivity contribution is 5.26. The van der Waals surface area contributed by atoms with Gasteiger partial charge in [-0.2, -0.15) is 5.10 Å². The van der Waals surface area contributed by atoms with Crippen LogP contribution >= 0.6 is 0 Å². The van der Waals surface area contributed by atoms with Gasteiger partial charge in [0, 0.05) is 24.7 Å². The van der Waals surface area contributed by atoms with Crippen LogP contribution in [0.25, 0.3) is 0 Å². The summed E-state index contributed by atoms with van der Waals surface area (Å²) in [6.45, 7) is 0. The summed E-state index contributed by atoms with van der Waals surface area (Å²) >= 11 is 0. The van der Waals surface area contributed by atoms with E-state index in [-0.39, 0.29) is 17.8 Å². The van der Waals surface area contributed by atoms with Crippen LogP contribution in [0.15, 0.2) is 42.7 Å². The van der Waals surface area contributed by atoms with Gasteiger partial charge in [0.1, 0.15) is 12.0 Å². The molecule has 3 rings (SSSR count). The van der Waals surface area contributed by atoms with Crippen molar-refractivity contribution < 1.29 is 8.78 Å². The molecule has 1 aliphatic rings. The highest BCUT2D eigenvalue weighted by atomic mass is 19.1. The third-order valence-electron chi connectivity index (χ3n) is 3.45. The molecule has 4 heteroatoms. The van der Waals surface area contributed by atoms with Gasteiger partial charge in [0.15, 0.2) is 0 Å². The number of rotatable bonds is 2. The smallest absolute Gasteiger partial charge is 0.123 e. The highest BCUT2D eigenvalue weighted by Gasteiger charge is 2.36. The molecule has 2 nitrogen and oxygen atoms in total. The zero-order valence-electron chi connectivity index (χ0n) is 9.71. The van der Waals surface area contributed by atoms with E-state index < -0.39 is 6.17 Å². The lowest BCUT2D eigenvalue weighted by atomic mass is 9.96. The second-order valence-corrected chi connectivity index (χ2v) is 4.58. The van der Waals surface area contributed by atoms with Gasteiger partial charge in [0.05, 0.1) is 6.04 Å². The van der Waals surface area contributed by atoms with Crippen LogP contribution in [0, 0.1) is 12.2 Å². The van der Waals surface area contributed by atoms with Crippen LogP contribution in [0.1, 0.15) is 23.9 Å². The van der Waals surface area contributed by atoms with E-state index in [1.165, 1.54) is 12.1 Å². The van der Waals surface area contributed by atoms with Gasteiger partial charge in [0.2, 0.25) is 0 Å². The van der Waals surface area contributed by atoms with E-state index in [0.717, 1.165) is 5.56 Å². The molecule has 3 atom stereocenters. The van der Waals surface area contributed by atoms with Gasteiger partial charge in [-0.25, -0.2) is 8.78 Å². The number of aromatic nitrogens is 2. The Balaban J connectivity index is 1.80. The molecule has 0 aliphatic heterocycles. The van der Waals surface area contributed by atoms with Gasteiger partial charge in [-0.05, 0) is 30.2 Å². The molecule has 0 amide bonds. The Hall–Kier alpha value is -1.71. The first kappa shape index (κ1) is 11.4. The van der Waals surface area contributed by atoms with E-state index in [2.05, 4.69) is 5.10 Å². The fourth-order valence-electron chi connectivity index (χ4n) is 2.52. The van der Waals surface area contributed by atoms with Gasteiger partial charge in [-0.1, -0.05) is 12.1 Å². The Kier molecular flexibility index (Phi) is 2.86. The zero-order valence-corrected chi connectivity index (χ0v) is 9.71. The third kappa shape index (κ3) is 2.03. The molecular formula is C14H13F2N2. The Morgan fingerprint density at radius 1 is 1.22 bits per heavy atom. The zero-order chi connectivity index (χ0) is 12.5. The molecule has 0 spiro atoms. The van der Waals surface area contributed by atoms with Crippen molar-refractivity contribution in [2.45, 2.75) is 24.6 Å². The minimum Gasteiger partial charge on any atom is -0.269 e. The molecular weight excluding hydrogens is 234 g/mol. The monoisotopic (exact) mass is 247 g/mol. The van der Waals surface area contributed by atoms with Crippen LogP contribution in [0.2, 0.25) is 0 Å². The molecule has 18 heavy (non-hydrogen) atoms. The van der Waals surface area contributed by atoms with Crippen molar-refractivity contribution >= 4 is 0 Å². The first-order valence-electron chi connectivity index (χ1n) is 5.98. The third-order valence-corrected chi connectivity index (χ3v) is 3.45. The lowest BCUT2D eigenvalue weighted by molar-refractivity contribution is 0.350. The van der Waals surface area contributed by atoms with Crippen LogP contribution in [0.4, 0.5) is 8.78 Å². The Morgan fingerprint density at radius 3 is 2.67 bits per heavy atom. The van der Waals surface area contributed by atoms with E-state index >= 15 is 0 Å². The average Bonchev–Trinajstić information content (AvgIpc) is 2.99. The lowest BCUT2D eigenvalue weighted by Gasteiger charge is -2.13. The molecule has 1 saturated carbocycles. The SMILES string of the molecule is Fc1ccc(C2CC(n3cccn3)[CH]C2F)cc1. The van der Waals surface area contributed by atoms with E-state index in [9.17, 15) is 8.78 Å². The maximum absolute atomic E-state index is 14.0. The van der Waals surface area contributed by atoms with Gasteiger partial charge in [-0.3, -0.25) is 4.68 Å². The molecule has 0 saturated heterocycles. The number of nitrogens with zero attached hydrogens (tertiary/aromatic N) is 2. The van der Waals surface area contributed by atoms with E-state index in [1.54, 1.807) is 29.4 Å². The quantitative estimate of drug-likeness (QED) is 0.796. The first-order chi connectivity index (χ1) is 8.74. The number of hydrogen-bond acceptors (Lipinski definition) is 1.